The molecule has 0 spiro atoms. The van der Waals surface area contributed by atoms with Gasteiger partial charge in [0.1, 0.15) is 0 Å². The van der Waals surface area contributed by atoms with Gasteiger partial charge in [-0.3, -0.25) is 4.21 Å². The van der Waals surface area contributed by atoms with Crippen LogP contribution in [0.25, 0.3) is 0 Å². The van der Waals surface area contributed by atoms with E-state index in [4.69, 9.17) is 21.8 Å². The van der Waals surface area contributed by atoms with Crippen molar-refractivity contribution < 1.29 is 19.0 Å². The smallest absolute Gasteiger partial charge is 0.0662 e. The van der Waals surface area contributed by atoms with Crippen molar-refractivity contribution in [1.29, 1.82) is 0 Å². The zero-order valence-electron chi connectivity index (χ0n) is 5.33. The molecule has 0 aliphatic carbocycles. The Balaban J connectivity index is 0. The van der Waals surface area contributed by atoms with Gasteiger partial charge in [0, 0.05) is 11.6 Å². The van der Waals surface area contributed by atoms with E-state index in [0.717, 1.165) is 0 Å². The van der Waals surface area contributed by atoms with Crippen molar-refractivity contribution in [3.05, 3.63) is 0 Å². The molecule has 0 aliphatic heterocycles. The van der Waals surface area contributed by atoms with E-state index in [1.807, 2.05) is 0 Å². The lowest BCUT2D eigenvalue weighted by Crippen LogP contribution is -1.94. The van der Waals surface area contributed by atoms with E-state index in [1.54, 1.807) is 0 Å². The van der Waals surface area contributed by atoms with E-state index >= 15 is 0 Å². The van der Waals surface area contributed by atoms with Crippen LogP contribution in [0.4, 0.5) is 0 Å². The van der Waals surface area contributed by atoms with Crippen molar-refractivity contribution in [2.45, 2.75) is 0 Å². The summed E-state index contributed by atoms with van der Waals surface area (Å²) in [5, 5.41) is 15.2. The Hall–Kier alpha value is 0.320. The average molecular weight is 190 g/mol. The summed E-state index contributed by atoms with van der Waals surface area (Å²) in [6, 6.07) is 0. The quantitative estimate of drug-likeness (QED) is 0.444. The number of rotatable bonds is 3. The van der Waals surface area contributed by atoms with Gasteiger partial charge in [0.2, 0.25) is 0 Å². The summed E-state index contributed by atoms with van der Waals surface area (Å²) < 4.78 is 19.0. The third-order valence-electron chi connectivity index (χ3n) is 0.344. The van der Waals surface area contributed by atoms with Crippen molar-refractivity contribution >= 4 is 22.7 Å². The fourth-order valence-corrected chi connectivity index (χ4v) is 0.567. The molecule has 0 aromatic heterocycles. The monoisotopic (exact) mass is 189 g/mol. The molecule has 1 unspecified atom stereocenters. The van der Waals surface area contributed by atoms with Crippen molar-refractivity contribution in [2.75, 3.05) is 24.8 Å². The third kappa shape index (κ3) is 23.9. The summed E-state index contributed by atoms with van der Waals surface area (Å²) >= 11 is 3.06. The van der Waals surface area contributed by atoms with Crippen LogP contribution in [0, 0.1) is 0 Å². The molecule has 0 saturated carbocycles. The van der Waals surface area contributed by atoms with Crippen LogP contribution in [0.3, 0.4) is 0 Å². The van der Waals surface area contributed by atoms with Crippen LogP contribution in [0.15, 0.2) is 0 Å². The Kier molecular flexibility index (Phi) is 15.6. The summed E-state index contributed by atoms with van der Waals surface area (Å²) in [6.45, 7) is -0.250. The number of hydrogen-bond donors (Lipinski definition) is 2. The molecule has 1 atom stereocenters. The Bertz CT molecular complexity index is 77.7. The van der Waals surface area contributed by atoms with Gasteiger partial charge in [-0.25, -0.2) is 0 Å². The molecule has 0 saturated heterocycles. The van der Waals surface area contributed by atoms with Gasteiger partial charge in [-0.15, -0.1) is 11.6 Å². The van der Waals surface area contributed by atoms with Crippen LogP contribution in [-0.2, 0) is 11.1 Å². The Labute approximate surface area is 67.1 Å². The standard InChI is InChI=1S/C2H5ClO2S.C2H6O2/c3-1-2-6(4)5;3-1-2-4/h1-2H2,(H,4,5);3-4H,1-2H2/p-1. The predicted octanol–water partition coefficient (Wildman–Crippen LogP) is -0.925. The SMILES string of the molecule is O=S([O-])CCCl.OCCO. The molecule has 64 valence electrons. The molecule has 2 N–H and O–H groups in total. The Morgan fingerprint density at radius 2 is 1.80 bits per heavy atom. The molecule has 0 fully saturated rings. The summed E-state index contributed by atoms with van der Waals surface area (Å²) in [5.41, 5.74) is 0. The lowest BCUT2D eigenvalue weighted by Gasteiger charge is -1.96. The van der Waals surface area contributed by atoms with E-state index < -0.39 is 11.1 Å². The molecule has 0 aromatic rings. The van der Waals surface area contributed by atoms with Crippen LogP contribution in [0.5, 0.6) is 0 Å². The summed E-state index contributed by atoms with van der Waals surface area (Å²) in [5.74, 6) is 0.248. The van der Waals surface area contributed by atoms with E-state index in [0.29, 0.717) is 0 Å². The molecule has 0 aromatic carbocycles. The maximum Gasteiger partial charge on any atom is 0.0662 e. The molecule has 0 rings (SSSR count). The molecular formula is C4H10ClO4S-. The number of aliphatic hydroxyl groups excluding tert-OH is 2. The van der Waals surface area contributed by atoms with Crippen LogP contribution in [-0.4, -0.2) is 43.8 Å². The molecule has 6 heteroatoms. The van der Waals surface area contributed by atoms with Crippen LogP contribution in [0.1, 0.15) is 0 Å². The topological polar surface area (TPSA) is 80.6 Å². The van der Waals surface area contributed by atoms with Gasteiger partial charge in [-0.2, -0.15) is 0 Å². The number of hydrogen-bond acceptors (Lipinski definition) is 4. The predicted molar refractivity (Wildman–Crippen MR) is 38.7 cm³/mol. The summed E-state index contributed by atoms with van der Waals surface area (Å²) in [6.07, 6.45) is 0. The maximum absolute atomic E-state index is 9.51. The highest BCUT2D eigenvalue weighted by atomic mass is 35.5. The second-order valence-electron chi connectivity index (χ2n) is 1.14. The summed E-state index contributed by atoms with van der Waals surface area (Å²) in [7, 11) is 0. The zero-order chi connectivity index (χ0) is 8.41. The number of halogens is 1. The lowest BCUT2D eigenvalue weighted by molar-refractivity contribution is 0.186. The fourth-order valence-electron chi connectivity index (χ4n) is 0.0630. The van der Waals surface area contributed by atoms with Crippen molar-refractivity contribution in [2.24, 2.45) is 0 Å². The molecule has 0 amide bonds. The zero-order valence-corrected chi connectivity index (χ0v) is 6.90. The highest BCUT2D eigenvalue weighted by molar-refractivity contribution is 7.79. The van der Waals surface area contributed by atoms with Crippen LogP contribution < -0.4 is 0 Å². The average Bonchev–Trinajstić information content (AvgIpc) is 1.89. The van der Waals surface area contributed by atoms with Gasteiger partial charge >= 0.3 is 0 Å². The first-order valence-corrected chi connectivity index (χ1v) is 4.30. The first kappa shape index (κ1) is 12.9. The minimum absolute atomic E-state index is 0.0571. The van der Waals surface area contributed by atoms with Gasteiger partial charge in [0.05, 0.1) is 13.2 Å². The highest BCUT2D eigenvalue weighted by Gasteiger charge is 1.75. The molecular weight excluding hydrogens is 180 g/mol. The van der Waals surface area contributed by atoms with Gasteiger partial charge in [0.15, 0.2) is 0 Å². The molecule has 0 radical (unpaired) electrons. The van der Waals surface area contributed by atoms with Gasteiger partial charge in [-0.1, -0.05) is 11.1 Å². The number of alkyl halides is 1. The second-order valence-corrected chi connectivity index (χ2v) is 2.54. The minimum Gasteiger partial charge on any atom is -0.772 e. The van der Waals surface area contributed by atoms with E-state index in [1.165, 1.54) is 0 Å². The Morgan fingerprint density at radius 3 is 1.80 bits per heavy atom. The van der Waals surface area contributed by atoms with Crippen LogP contribution in [0.2, 0.25) is 0 Å². The van der Waals surface area contributed by atoms with Gasteiger partial charge in [0.25, 0.3) is 0 Å². The first-order chi connectivity index (χ1) is 4.68. The van der Waals surface area contributed by atoms with Crippen molar-refractivity contribution in [3.8, 4) is 0 Å². The molecule has 10 heavy (non-hydrogen) atoms. The molecule has 0 heterocycles. The Morgan fingerprint density at radius 1 is 1.40 bits per heavy atom. The van der Waals surface area contributed by atoms with E-state index in [9.17, 15) is 8.76 Å². The van der Waals surface area contributed by atoms with E-state index in [-0.39, 0.29) is 24.8 Å². The number of aliphatic hydroxyl groups is 2. The van der Waals surface area contributed by atoms with Crippen LogP contribution >= 0.6 is 11.6 Å². The third-order valence-corrected chi connectivity index (χ3v) is 1.29. The first-order valence-electron chi connectivity index (χ1n) is 2.52. The van der Waals surface area contributed by atoms with E-state index in [2.05, 4.69) is 0 Å². The van der Waals surface area contributed by atoms with Crippen molar-refractivity contribution in [1.82, 2.24) is 0 Å². The van der Waals surface area contributed by atoms with Gasteiger partial charge < -0.3 is 14.8 Å². The molecule has 0 aliphatic rings. The molecule has 4 nitrogen and oxygen atoms in total. The van der Waals surface area contributed by atoms with Gasteiger partial charge in [-0.05, 0) is 0 Å². The lowest BCUT2D eigenvalue weighted by atomic mass is 10.8. The highest BCUT2D eigenvalue weighted by Crippen LogP contribution is 1.75. The minimum atomic E-state index is -1.95. The second kappa shape index (κ2) is 12.0. The maximum atomic E-state index is 9.51. The van der Waals surface area contributed by atoms with Crippen molar-refractivity contribution in [3.63, 3.8) is 0 Å². The molecule has 0 bridgehead atoms. The normalized spacial score (nSPS) is 11.6. The fraction of sp³-hybridized carbons (Fsp3) is 1.00. The largest absolute Gasteiger partial charge is 0.772 e. The summed E-state index contributed by atoms with van der Waals surface area (Å²) in [4.78, 5) is 0.